The van der Waals surface area contributed by atoms with Gasteiger partial charge in [0.05, 0.1) is 5.69 Å². The van der Waals surface area contributed by atoms with Gasteiger partial charge in [0.25, 0.3) is 0 Å². The van der Waals surface area contributed by atoms with Crippen LogP contribution in [0.25, 0.3) is 0 Å². The van der Waals surface area contributed by atoms with Gasteiger partial charge in [-0.1, -0.05) is 30.3 Å². The fraction of sp³-hybridized carbons (Fsp3) is 0.154. The van der Waals surface area contributed by atoms with Crippen molar-refractivity contribution in [2.24, 2.45) is 0 Å². The third-order valence-electron chi connectivity index (χ3n) is 2.74. The number of nitrogen functional groups attached to an aromatic ring is 1. The zero-order valence-electron chi connectivity index (χ0n) is 10.4. The summed E-state index contributed by atoms with van der Waals surface area (Å²) in [6.45, 7) is 1.78. The van der Waals surface area contributed by atoms with Gasteiger partial charge < -0.3 is 5.73 Å². The first-order chi connectivity index (χ1) is 9.00. The molecule has 1 unspecified atom stereocenters. The minimum atomic E-state index is -3.68. The van der Waals surface area contributed by atoms with Crippen LogP contribution in [0.15, 0.2) is 53.7 Å². The molecule has 1 heterocycles. The molecule has 0 aliphatic carbocycles. The van der Waals surface area contributed by atoms with Crippen LogP contribution in [0.3, 0.4) is 0 Å². The molecule has 0 saturated carbocycles. The van der Waals surface area contributed by atoms with E-state index in [1.54, 1.807) is 6.92 Å². The van der Waals surface area contributed by atoms with Crippen LogP contribution in [0.1, 0.15) is 18.5 Å². The zero-order chi connectivity index (χ0) is 13.9. The third kappa shape index (κ3) is 3.10. The highest BCUT2D eigenvalue weighted by Crippen LogP contribution is 2.19. The first-order valence-electron chi connectivity index (χ1n) is 5.77. The Morgan fingerprint density at radius 3 is 2.53 bits per heavy atom. The molecule has 2 rings (SSSR count). The van der Waals surface area contributed by atoms with Gasteiger partial charge in [-0.2, -0.15) is 0 Å². The Morgan fingerprint density at radius 2 is 1.89 bits per heavy atom. The van der Waals surface area contributed by atoms with E-state index in [1.807, 2.05) is 30.3 Å². The lowest BCUT2D eigenvalue weighted by Crippen LogP contribution is -2.27. The number of nitrogens with one attached hydrogen (secondary N) is 1. The van der Waals surface area contributed by atoms with Gasteiger partial charge in [-0.3, -0.25) is 4.98 Å². The first-order valence-corrected chi connectivity index (χ1v) is 7.26. The Balaban J connectivity index is 2.26. The molecule has 0 aliphatic rings. The summed E-state index contributed by atoms with van der Waals surface area (Å²) in [7, 11) is -3.68. The maximum Gasteiger partial charge on any atom is 0.244 e. The van der Waals surface area contributed by atoms with Crippen molar-refractivity contribution in [3.05, 3.63) is 54.4 Å². The molecule has 0 bridgehead atoms. The molecule has 100 valence electrons. The van der Waals surface area contributed by atoms with E-state index in [-0.39, 0.29) is 16.6 Å². The molecule has 6 heteroatoms. The normalized spacial score (nSPS) is 13.1. The van der Waals surface area contributed by atoms with Gasteiger partial charge in [-0.05, 0) is 18.6 Å². The topological polar surface area (TPSA) is 85.1 Å². The van der Waals surface area contributed by atoms with Crippen LogP contribution < -0.4 is 10.5 Å². The van der Waals surface area contributed by atoms with E-state index in [0.29, 0.717) is 0 Å². The Bertz CT molecular complexity index is 657. The van der Waals surface area contributed by atoms with Crippen molar-refractivity contribution in [1.82, 2.24) is 9.71 Å². The first kappa shape index (κ1) is 13.5. The molecule has 0 spiro atoms. The van der Waals surface area contributed by atoms with E-state index in [9.17, 15) is 8.42 Å². The Morgan fingerprint density at radius 1 is 1.21 bits per heavy atom. The highest BCUT2D eigenvalue weighted by molar-refractivity contribution is 7.89. The van der Waals surface area contributed by atoms with E-state index in [4.69, 9.17) is 5.73 Å². The van der Waals surface area contributed by atoms with E-state index in [1.165, 1.54) is 18.5 Å². The number of benzene rings is 1. The van der Waals surface area contributed by atoms with Gasteiger partial charge in [0, 0.05) is 18.4 Å². The summed E-state index contributed by atoms with van der Waals surface area (Å²) in [5, 5.41) is 0. The van der Waals surface area contributed by atoms with Crippen molar-refractivity contribution in [3.63, 3.8) is 0 Å². The number of hydrogen-bond acceptors (Lipinski definition) is 4. The molecule has 0 saturated heterocycles. The zero-order valence-corrected chi connectivity index (χ0v) is 11.3. The largest absolute Gasteiger partial charge is 0.398 e. The summed E-state index contributed by atoms with van der Waals surface area (Å²) in [4.78, 5) is 3.79. The molecule has 3 N–H and O–H groups in total. The van der Waals surface area contributed by atoms with Crippen LogP contribution in [-0.4, -0.2) is 13.4 Å². The van der Waals surface area contributed by atoms with Crippen LogP contribution in [0.2, 0.25) is 0 Å². The predicted molar refractivity (Wildman–Crippen MR) is 73.8 cm³/mol. The van der Waals surface area contributed by atoms with Crippen molar-refractivity contribution in [2.75, 3.05) is 5.73 Å². The number of rotatable bonds is 4. The standard InChI is InChI=1S/C13H15N3O2S/c1-10(11-5-3-2-4-6-11)16-19(17,18)13-9-15-8-7-12(13)14/h2-10,16H,1H3,(H2,14,15). The minimum Gasteiger partial charge on any atom is -0.398 e. The number of pyridine rings is 1. The molecule has 0 radical (unpaired) electrons. The SMILES string of the molecule is CC(NS(=O)(=O)c1cnccc1N)c1ccccc1. The second kappa shape index (κ2) is 5.38. The van der Waals surface area contributed by atoms with Crippen LogP contribution in [0.4, 0.5) is 5.69 Å². The molecular weight excluding hydrogens is 262 g/mol. The smallest absolute Gasteiger partial charge is 0.244 e. The van der Waals surface area contributed by atoms with Crippen molar-refractivity contribution in [3.8, 4) is 0 Å². The highest BCUT2D eigenvalue weighted by Gasteiger charge is 2.20. The lowest BCUT2D eigenvalue weighted by molar-refractivity contribution is 0.567. The third-order valence-corrected chi connectivity index (χ3v) is 4.32. The Kier molecular flexibility index (Phi) is 3.82. The molecular formula is C13H15N3O2S. The second-order valence-corrected chi connectivity index (χ2v) is 5.85. The number of nitrogens with zero attached hydrogens (tertiary/aromatic N) is 1. The van der Waals surface area contributed by atoms with Gasteiger partial charge in [-0.25, -0.2) is 13.1 Å². The molecule has 1 atom stereocenters. The minimum absolute atomic E-state index is 0.00205. The molecule has 1 aromatic heterocycles. The molecule has 0 fully saturated rings. The lowest BCUT2D eigenvalue weighted by Gasteiger charge is -2.15. The van der Waals surface area contributed by atoms with E-state index >= 15 is 0 Å². The average Bonchev–Trinajstić information content (AvgIpc) is 2.39. The number of aromatic nitrogens is 1. The number of anilines is 1. The van der Waals surface area contributed by atoms with Crippen molar-refractivity contribution < 1.29 is 8.42 Å². The molecule has 5 nitrogen and oxygen atoms in total. The Labute approximate surface area is 112 Å². The maximum atomic E-state index is 12.2. The predicted octanol–water partition coefficient (Wildman–Crippen LogP) is 1.70. The molecule has 0 aliphatic heterocycles. The van der Waals surface area contributed by atoms with E-state index in [0.717, 1.165) is 5.56 Å². The monoisotopic (exact) mass is 277 g/mol. The molecule has 2 aromatic rings. The summed E-state index contributed by atoms with van der Waals surface area (Å²) < 4.78 is 27.0. The van der Waals surface area contributed by atoms with E-state index in [2.05, 4.69) is 9.71 Å². The van der Waals surface area contributed by atoms with Crippen LogP contribution in [0.5, 0.6) is 0 Å². The number of hydrogen-bond donors (Lipinski definition) is 2. The quantitative estimate of drug-likeness (QED) is 0.890. The summed E-state index contributed by atoms with van der Waals surface area (Å²) in [5.41, 5.74) is 6.73. The average molecular weight is 277 g/mol. The van der Waals surface area contributed by atoms with Crippen molar-refractivity contribution in [2.45, 2.75) is 17.9 Å². The summed E-state index contributed by atoms with van der Waals surface area (Å²) in [6, 6.07) is 10.4. The number of nitrogens with two attached hydrogens (primary N) is 1. The van der Waals surface area contributed by atoms with Gasteiger partial charge in [0.1, 0.15) is 4.90 Å². The molecule has 19 heavy (non-hydrogen) atoms. The van der Waals surface area contributed by atoms with Gasteiger partial charge in [0.2, 0.25) is 10.0 Å². The lowest BCUT2D eigenvalue weighted by atomic mass is 10.1. The van der Waals surface area contributed by atoms with Crippen molar-refractivity contribution in [1.29, 1.82) is 0 Å². The van der Waals surface area contributed by atoms with Gasteiger partial charge in [0.15, 0.2) is 0 Å². The summed E-state index contributed by atoms with van der Waals surface area (Å²) in [5.74, 6) is 0. The van der Waals surface area contributed by atoms with Crippen molar-refractivity contribution >= 4 is 15.7 Å². The summed E-state index contributed by atoms with van der Waals surface area (Å²) >= 11 is 0. The molecule has 1 aromatic carbocycles. The highest BCUT2D eigenvalue weighted by atomic mass is 32.2. The van der Waals surface area contributed by atoms with E-state index < -0.39 is 10.0 Å². The second-order valence-electron chi connectivity index (χ2n) is 4.17. The fourth-order valence-electron chi connectivity index (χ4n) is 1.72. The number of sulfonamides is 1. The van der Waals surface area contributed by atoms with Crippen LogP contribution >= 0.6 is 0 Å². The molecule has 0 amide bonds. The fourth-order valence-corrected chi connectivity index (χ4v) is 3.03. The van der Waals surface area contributed by atoms with Crippen LogP contribution in [0, 0.1) is 0 Å². The van der Waals surface area contributed by atoms with Crippen LogP contribution in [-0.2, 0) is 10.0 Å². The summed E-state index contributed by atoms with van der Waals surface area (Å²) in [6.07, 6.45) is 2.70. The Hall–Kier alpha value is -1.92. The van der Waals surface area contributed by atoms with Gasteiger partial charge >= 0.3 is 0 Å². The van der Waals surface area contributed by atoms with Gasteiger partial charge in [-0.15, -0.1) is 0 Å². The maximum absolute atomic E-state index is 12.2.